The molecule has 0 rings (SSSR count). The summed E-state index contributed by atoms with van der Waals surface area (Å²) in [6.07, 6.45) is 26.8. The number of ether oxygens (including phenoxy) is 2. The van der Waals surface area contributed by atoms with Crippen LogP contribution in [0.1, 0.15) is 195 Å². The monoisotopic (exact) mass is 584 g/mol. The van der Waals surface area contributed by atoms with Crippen LogP contribution in [0.2, 0.25) is 0 Å². The molecule has 0 aliphatic heterocycles. The zero-order valence-electron chi connectivity index (χ0n) is 27.7. The van der Waals surface area contributed by atoms with E-state index in [1.54, 1.807) is 0 Å². The molecule has 3 unspecified atom stereocenters. The highest BCUT2D eigenvalue weighted by atomic mass is 16.6. The summed E-state index contributed by atoms with van der Waals surface area (Å²) in [6.45, 7) is 7.88. The van der Waals surface area contributed by atoms with Gasteiger partial charge >= 0.3 is 11.9 Å². The molecule has 244 valence electrons. The number of hydrogen-bond acceptors (Lipinski definition) is 6. The maximum Gasteiger partial charge on any atom is 0.306 e. The Morgan fingerprint density at radius 1 is 0.561 bits per heavy atom. The lowest BCUT2D eigenvalue weighted by molar-refractivity contribution is -0.173. The number of hydrogen-bond donors (Lipinski definition) is 2. The first-order valence-corrected chi connectivity index (χ1v) is 17.6. The third-order valence-electron chi connectivity index (χ3n) is 7.97. The zero-order valence-corrected chi connectivity index (χ0v) is 27.7. The van der Waals surface area contributed by atoms with Crippen LogP contribution in [0.4, 0.5) is 0 Å². The Labute approximate surface area is 254 Å². The van der Waals surface area contributed by atoms with Crippen molar-refractivity contribution in [3.63, 3.8) is 0 Å². The maximum absolute atomic E-state index is 12.6. The van der Waals surface area contributed by atoms with Gasteiger partial charge in [0.1, 0.15) is 17.9 Å². The normalized spacial score (nSPS) is 14.4. The van der Waals surface area contributed by atoms with Crippen molar-refractivity contribution in [1.29, 1.82) is 0 Å². The van der Waals surface area contributed by atoms with E-state index in [1.807, 2.05) is 6.92 Å². The zero-order chi connectivity index (χ0) is 30.6. The van der Waals surface area contributed by atoms with E-state index >= 15 is 0 Å². The van der Waals surface area contributed by atoms with Crippen molar-refractivity contribution in [3.8, 4) is 0 Å². The van der Waals surface area contributed by atoms with Gasteiger partial charge in [-0.15, -0.1) is 0 Å². The van der Waals surface area contributed by atoms with Crippen molar-refractivity contribution >= 4 is 11.9 Å². The predicted octanol–water partition coefficient (Wildman–Crippen LogP) is 9.68. The SMILES string of the molecule is CCCCCCCCCCCCCC(=O)OC(CC)C(CC(C)(N)O)OC(=O)CCCCCCCCCCCCC. The number of carbonyl (C=O) groups excluding carboxylic acids is 2. The molecule has 0 aliphatic carbocycles. The first-order valence-electron chi connectivity index (χ1n) is 17.6. The standard InChI is InChI=1S/C35H69NO5/c1-5-8-10-12-14-16-18-20-22-24-26-28-33(37)40-31(7-3)32(30-35(4,36)39)41-34(38)29-27-25-23-21-19-17-15-13-11-9-6-2/h31-32,39H,5-30,36H2,1-4H3. The van der Waals surface area contributed by atoms with Crippen LogP contribution in [0.15, 0.2) is 0 Å². The van der Waals surface area contributed by atoms with E-state index in [1.165, 1.54) is 110 Å². The summed E-state index contributed by atoms with van der Waals surface area (Å²) < 4.78 is 11.5. The molecule has 0 aliphatic rings. The van der Waals surface area contributed by atoms with Crippen LogP contribution in [0, 0.1) is 0 Å². The molecule has 0 saturated carbocycles. The third-order valence-corrected chi connectivity index (χ3v) is 7.97. The fraction of sp³-hybridized carbons (Fsp3) is 0.943. The van der Waals surface area contributed by atoms with Crippen molar-refractivity contribution < 1.29 is 24.2 Å². The molecule has 0 heterocycles. The van der Waals surface area contributed by atoms with Gasteiger partial charge in [0.2, 0.25) is 0 Å². The Balaban J connectivity index is 4.24. The number of nitrogens with two attached hydrogens (primary N) is 1. The molecule has 6 nitrogen and oxygen atoms in total. The Morgan fingerprint density at radius 2 is 0.854 bits per heavy atom. The Morgan fingerprint density at radius 3 is 1.15 bits per heavy atom. The van der Waals surface area contributed by atoms with Gasteiger partial charge in [-0.3, -0.25) is 9.59 Å². The van der Waals surface area contributed by atoms with E-state index in [9.17, 15) is 14.7 Å². The van der Waals surface area contributed by atoms with Crippen molar-refractivity contribution in [2.45, 2.75) is 213 Å². The van der Waals surface area contributed by atoms with Crippen LogP contribution in [0.3, 0.4) is 0 Å². The number of carbonyl (C=O) groups is 2. The highest BCUT2D eigenvalue weighted by molar-refractivity contribution is 5.70. The molecule has 3 atom stereocenters. The van der Waals surface area contributed by atoms with Crippen LogP contribution in [-0.2, 0) is 19.1 Å². The first kappa shape index (κ1) is 39.9. The molecule has 0 aromatic heterocycles. The number of aliphatic hydroxyl groups is 1. The minimum absolute atomic E-state index is 0.0290. The second-order valence-electron chi connectivity index (χ2n) is 12.6. The lowest BCUT2D eigenvalue weighted by Crippen LogP contribution is -2.45. The largest absolute Gasteiger partial charge is 0.458 e. The molecule has 0 bridgehead atoms. The molecular weight excluding hydrogens is 514 g/mol. The van der Waals surface area contributed by atoms with Crippen molar-refractivity contribution in [2.24, 2.45) is 5.73 Å². The molecule has 0 aromatic rings. The number of unbranched alkanes of at least 4 members (excludes halogenated alkanes) is 20. The minimum Gasteiger partial charge on any atom is -0.458 e. The highest BCUT2D eigenvalue weighted by Crippen LogP contribution is 2.21. The molecule has 0 fully saturated rings. The van der Waals surface area contributed by atoms with Gasteiger partial charge in [0.05, 0.1) is 0 Å². The summed E-state index contributed by atoms with van der Waals surface area (Å²) in [5, 5.41) is 10.2. The van der Waals surface area contributed by atoms with Gasteiger partial charge in [0, 0.05) is 19.3 Å². The van der Waals surface area contributed by atoms with Gasteiger partial charge in [-0.05, 0) is 26.2 Å². The number of rotatable bonds is 30. The van der Waals surface area contributed by atoms with Gasteiger partial charge in [-0.25, -0.2) is 0 Å². The Kier molecular flexibility index (Phi) is 26.9. The van der Waals surface area contributed by atoms with Crippen molar-refractivity contribution in [3.05, 3.63) is 0 Å². The summed E-state index contributed by atoms with van der Waals surface area (Å²) in [7, 11) is 0. The summed E-state index contributed by atoms with van der Waals surface area (Å²) in [5.74, 6) is -0.578. The molecule has 0 amide bonds. The van der Waals surface area contributed by atoms with E-state index in [2.05, 4.69) is 13.8 Å². The number of esters is 2. The van der Waals surface area contributed by atoms with Crippen LogP contribution < -0.4 is 5.73 Å². The van der Waals surface area contributed by atoms with Crippen LogP contribution in [-0.4, -0.2) is 35.0 Å². The second kappa shape index (κ2) is 27.7. The average Bonchev–Trinajstić information content (AvgIpc) is 2.92. The molecular formula is C35H69NO5. The van der Waals surface area contributed by atoms with Gasteiger partial charge < -0.3 is 20.3 Å². The Hall–Kier alpha value is -1.14. The summed E-state index contributed by atoms with van der Waals surface area (Å²) in [5.41, 5.74) is 4.33. The van der Waals surface area contributed by atoms with Crippen LogP contribution >= 0.6 is 0 Å². The highest BCUT2D eigenvalue weighted by Gasteiger charge is 2.32. The van der Waals surface area contributed by atoms with E-state index in [-0.39, 0.29) is 18.4 Å². The van der Waals surface area contributed by atoms with Crippen molar-refractivity contribution in [2.75, 3.05) is 0 Å². The molecule has 41 heavy (non-hydrogen) atoms. The molecule has 0 aromatic carbocycles. The average molecular weight is 584 g/mol. The summed E-state index contributed by atoms with van der Waals surface area (Å²) >= 11 is 0. The summed E-state index contributed by atoms with van der Waals surface area (Å²) in [4.78, 5) is 25.2. The quantitative estimate of drug-likeness (QED) is 0.0496. The van der Waals surface area contributed by atoms with E-state index in [0.717, 1.165) is 38.5 Å². The van der Waals surface area contributed by atoms with E-state index < -0.39 is 17.9 Å². The van der Waals surface area contributed by atoms with Gasteiger partial charge in [-0.1, -0.05) is 149 Å². The fourth-order valence-electron chi connectivity index (χ4n) is 5.40. The molecule has 0 radical (unpaired) electrons. The minimum atomic E-state index is -1.52. The lowest BCUT2D eigenvalue weighted by atomic mass is 10.0. The summed E-state index contributed by atoms with van der Waals surface area (Å²) in [6, 6.07) is 0. The topological polar surface area (TPSA) is 98.8 Å². The van der Waals surface area contributed by atoms with Gasteiger partial charge in [-0.2, -0.15) is 0 Å². The van der Waals surface area contributed by atoms with Crippen LogP contribution in [0.5, 0.6) is 0 Å². The third kappa shape index (κ3) is 27.4. The molecule has 0 spiro atoms. The smallest absolute Gasteiger partial charge is 0.306 e. The van der Waals surface area contributed by atoms with Gasteiger partial charge in [0.15, 0.2) is 0 Å². The van der Waals surface area contributed by atoms with Gasteiger partial charge in [0.25, 0.3) is 0 Å². The van der Waals surface area contributed by atoms with E-state index in [0.29, 0.717) is 19.3 Å². The Bertz CT molecular complexity index is 604. The fourth-order valence-corrected chi connectivity index (χ4v) is 5.40. The predicted molar refractivity (Wildman–Crippen MR) is 172 cm³/mol. The lowest BCUT2D eigenvalue weighted by Gasteiger charge is -2.30. The molecule has 3 N–H and O–H groups in total. The molecule has 0 saturated heterocycles. The second-order valence-corrected chi connectivity index (χ2v) is 12.6. The van der Waals surface area contributed by atoms with E-state index in [4.69, 9.17) is 15.2 Å². The molecule has 6 heteroatoms. The first-order chi connectivity index (χ1) is 19.7. The van der Waals surface area contributed by atoms with Crippen LogP contribution in [0.25, 0.3) is 0 Å². The van der Waals surface area contributed by atoms with Crippen molar-refractivity contribution in [1.82, 2.24) is 0 Å². The maximum atomic E-state index is 12.6.